The molecule has 0 fully saturated rings. The third kappa shape index (κ3) is 1.70. The average molecular weight is 199 g/mol. The molecule has 2 N–H and O–H groups in total. The molecule has 0 aliphatic carbocycles. The van der Waals surface area contributed by atoms with Crippen molar-refractivity contribution in [2.75, 3.05) is 6.79 Å². The molecule has 14 heavy (non-hydrogen) atoms. The molecule has 0 unspecified atom stereocenters. The summed E-state index contributed by atoms with van der Waals surface area (Å²) in [5.74, 6) is 5.21. The molecule has 0 aromatic heterocycles. The van der Waals surface area contributed by atoms with Gasteiger partial charge in [-0.15, -0.1) is 0 Å². The number of rotatable bonds is 2. The molecule has 5 heteroatoms. The first-order chi connectivity index (χ1) is 6.81. The lowest BCUT2D eigenvalue weighted by Gasteiger charge is -2.20. The van der Waals surface area contributed by atoms with Crippen LogP contribution in [0, 0.1) is 5.82 Å². The van der Waals surface area contributed by atoms with Crippen LogP contribution >= 0.6 is 0 Å². The normalized spacial score (nSPS) is 14.7. The molecule has 2 rings (SSSR count). The van der Waals surface area contributed by atoms with Gasteiger partial charge < -0.3 is 9.47 Å². The predicted molar refractivity (Wildman–Crippen MR) is 45.7 cm³/mol. The van der Waals surface area contributed by atoms with E-state index in [1.807, 2.05) is 0 Å². The van der Waals surface area contributed by atoms with E-state index < -0.39 is 0 Å². The lowest BCUT2D eigenvalue weighted by molar-refractivity contribution is -0.0187. The Morgan fingerprint density at radius 3 is 3.14 bits per heavy atom. The lowest BCUT2D eigenvalue weighted by Crippen LogP contribution is -2.14. The number of benzene rings is 1. The van der Waals surface area contributed by atoms with Crippen LogP contribution in [0.5, 0.6) is 5.75 Å². The van der Waals surface area contributed by atoms with Crippen molar-refractivity contribution in [3.8, 4) is 5.75 Å². The van der Waals surface area contributed by atoms with E-state index in [-0.39, 0.29) is 19.2 Å². The molecule has 1 aliphatic rings. The van der Waals surface area contributed by atoms with Crippen molar-refractivity contribution in [2.45, 2.75) is 13.2 Å². The summed E-state index contributed by atoms with van der Waals surface area (Å²) in [5, 5.41) is 0. The van der Waals surface area contributed by atoms with Crippen molar-refractivity contribution in [3.63, 3.8) is 0 Å². The Morgan fingerprint density at radius 2 is 2.36 bits per heavy atom. The highest BCUT2D eigenvalue weighted by molar-refractivity contribution is 5.42. The number of fused-ring (bicyclic) bond motifs is 1. The molecule has 1 aliphatic heterocycles. The molecule has 1 aromatic carbocycles. The molecular weight excluding hydrogens is 189 g/mol. The van der Waals surface area contributed by atoms with Crippen molar-refractivity contribution in [2.24, 2.45) is 5.90 Å². The highest BCUT2D eigenvalue weighted by Crippen LogP contribution is 2.29. The Morgan fingerprint density at radius 1 is 1.50 bits per heavy atom. The third-order valence-electron chi connectivity index (χ3n) is 1.99. The van der Waals surface area contributed by atoms with Crippen LogP contribution in [0.2, 0.25) is 0 Å². The van der Waals surface area contributed by atoms with Gasteiger partial charge in [-0.25, -0.2) is 10.3 Å². The first kappa shape index (κ1) is 9.39. The van der Waals surface area contributed by atoms with Crippen LogP contribution in [0.4, 0.5) is 4.39 Å². The van der Waals surface area contributed by atoms with Crippen LogP contribution in [-0.4, -0.2) is 6.79 Å². The topological polar surface area (TPSA) is 53.7 Å². The lowest BCUT2D eigenvalue weighted by atomic mass is 10.1. The third-order valence-corrected chi connectivity index (χ3v) is 1.99. The summed E-state index contributed by atoms with van der Waals surface area (Å²) in [6, 6.07) is 2.73. The molecular formula is C9H10FNO3. The fraction of sp³-hybridized carbons (Fsp3) is 0.333. The molecule has 1 aromatic rings. The second-order valence-electron chi connectivity index (χ2n) is 2.97. The number of nitrogens with two attached hydrogens (primary N) is 1. The molecule has 0 saturated heterocycles. The van der Waals surface area contributed by atoms with Crippen molar-refractivity contribution in [1.29, 1.82) is 0 Å². The van der Waals surface area contributed by atoms with Gasteiger partial charge in [0.2, 0.25) is 0 Å². The molecule has 76 valence electrons. The van der Waals surface area contributed by atoms with E-state index in [2.05, 4.69) is 4.84 Å². The van der Waals surface area contributed by atoms with Gasteiger partial charge in [0.1, 0.15) is 11.6 Å². The van der Waals surface area contributed by atoms with Crippen LogP contribution in [-0.2, 0) is 22.8 Å². The second kappa shape index (κ2) is 3.91. The zero-order chi connectivity index (χ0) is 9.97. The summed E-state index contributed by atoms with van der Waals surface area (Å²) >= 11 is 0. The van der Waals surface area contributed by atoms with E-state index in [0.29, 0.717) is 23.5 Å². The van der Waals surface area contributed by atoms with Gasteiger partial charge in [-0.05, 0) is 12.1 Å². The molecule has 0 spiro atoms. The van der Waals surface area contributed by atoms with Crippen LogP contribution in [0.3, 0.4) is 0 Å². The van der Waals surface area contributed by atoms with Gasteiger partial charge in [-0.2, -0.15) is 0 Å². The fourth-order valence-electron chi connectivity index (χ4n) is 1.45. The van der Waals surface area contributed by atoms with Gasteiger partial charge in [0.05, 0.1) is 13.2 Å². The maximum absolute atomic E-state index is 13.1. The van der Waals surface area contributed by atoms with Gasteiger partial charge in [-0.1, -0.05) is 0 Å². The zero-order valence-electron chi connectivity index (χ0n) is 7.46. The Balaban J connectivity index is 2.41. The quantitative estimate of drug-likeness (QED) is 0.724. The molecule has 0 amide bonds. The summed E-state index contributed by atoms with van der Waals surface area (Å²) in [6.07, 6.45) is 0. The first-order valence-electron chi connectivity index (χ1n) is 4.15. The second-order valence-corrected chi connectivity index (χ2v) is 2.97. The maximum Gasteiger partial charge on any atom is 0.189 e. The summed E-state index contributed by atoms with van der Waals surface area (Å²) in [7, 11) is 0. The molecule has 0 bridgehead atoms. The summed E-state index contributed by atoms with van der Waals surface area (Å²) < 4.78 is 23.3. The highest BCUT2D eigenvalue weighted by Gasteiger charge is 2.16. The smallest absolute Gasteiger partial charge is 0.189 e. The van der Waals surface area contributed by atoms with Gasteiger partial charge in [0.15, 0.2) is 6.79 Å². The summed E-state index contributed by atoms with van der Waals surface area (Å²) in [6.45, 7) is 0.654. The van der Waals surface area contributed by atoms with Gasteiger partial charge in [0, 0.05) is 11.1 Å². The fourth-order valence-corrected chi connectivity index (χ4v) is 1.45. The summed E-state index contributed by atoms with van der Waals surface area (Å²) in [4.78, 5) is 4.46. The van der Waals surface area contributed by atoms with E-state index in [1.54, 1.807) is 0 Å². The van der Waals surface area contributed by atoms with Gasteiger partial charge in [-0.3, -0.25) is 4.84 Å². The Kier molecular flexibility index (Phi) is 2.62. The minimum absolute atomic E-state index is 0.125. The Bertz CT molecular complexity index is 343. The number of hydrogen-bond acceptors (Lipinski definition) is 4. The van der Waals surface area contributed by atoms with Crippen molar-refractivity contribution in [1.82, 2.24) is 0 Å². The van der Waals surface area contributed by atoms with Gasteiger partial charge >= 0.3 is 0 Å². The maximum atomic E-state index is 13.1. The standard InChI is InChI=1S/C9H10FNO3/c10-8-1-6-3-12-5-13-9(6)7(2-8)4-14-11/h1-2H,3-5,11H2. The number of hydrogen-bond donors (Lipinski definition) is 1. The Hall–Kier alpha value is -1.17. The molecule has 0 atom stereocenters. The Labute approximate surface area is 80.3 Å². The largest absolute Gasteiger partial charge is 0.467 e. The van der Waals surface area contributed by atoms with Crippen LogP contribution in [0.25, 0.3) is 0 Å². The van der Waals surface area contributed by atoms with Crippen molar-refractivity contribution >= 4 is 0 Å². The van der Waals surface area contributed by atoms with E-state index >= 15 is 0 Å². The molecule has 0 radical (unpaired) electrons. The van der Waals surface area contributed by atoms with Crippen LogP contribution in [0.1, 0.15) is 11.1 Å². The molecule has 4 nitrogen and oxygen atoms in total. The highest BCUT2D eigenvalue weighted by atomic mass is 19.1. The van der Waals surface area contributed by atoms with Crippen molar-refractivity contribution < 1.29 is 18.7 Å². The monoisotopic (exact) mass is 199 g/mol. The summed E-state index contributed by atoms with van der Waals surface area (Å²) in [5.41, 5.74) is 1.29. The van der Waals surface area contributed by atoms with E-state index in [1.165, 1.54) is 12.1 Å². The van der Waals surface area contributed by atoms with E-state index in [4.69, 9.17) is 15.4 Å². The van der Waals surface area contributed by atoms with Crippen LogP contribution in [0.15, 0.2) is 12.1 Å². The minimum atomic E-state index is -0.343. The van der Waals surface area contributed by atoms with E-state index in [9.17, 15) is 4.39 Å². The van der Waals surface area contributed by atoms with E-state index in [0.717, 1.165) is 0 Å². The SMILES string of the molecule is NOCc1cc(F)cc2c1OCOC2. The predicted octanol–water partition coefficient (Wildman–Crippen LogP) is 1.08. The zero-order valence-corrected chi connectivity index (χ0v) is 7.46. The number of ether oxygens (including phenoxy) is 2. The first-order valence-corrected chi connectivity index (χ1v) is 4.15. The molecule has 1 heterocycles. The van der Waals surface area contributed by atoms with Crippen molar-refractivity contribution in [3.05, 3.63) is 29.1 Å². The average Bonchev–Trinajstić information content (AvgIpc) is 2.18. The molecule has 0 saturated carbocycles. The van der Waals surface area contributed by atoms with Gasteiger partial charge in [0.25, 0.3) is 0 Å². The number of halogens is 1. The van der Waals surface area contributed by atoms with Crippen LogP contribution < -0.4 is 10.6 Å². The minimum Gasteiger partial charge on any atom is -0.467 e.